The largest absolute Gasteiger partial charge is 0.453 e. The van der Waals surface area contributed by atoms with E-state index in [1.54, 1.807) is 17.9 Å². The lowest BCUT2D eigenvalue weighted by atomic mass is 9.85. The molecule has 0 amide bonds. The number of rotatable bonds is 2. The highest BCUT2D eigenvalue weighted by Crippen LogP contribution is 2.26. The highest BCUT2D eigenvalue weighted by atomic mass is 31.0. The maximum Gasteiger partial charge on any atom is 0.342 e. The monoisotopic (exact) mass is 290 g/mol. The molecule has 5 N–H and O–H groups in total. The summed E-state index contributed by atoms with van der Waals surface area (Å²) < 4.78 is 4.92. The van der Waals surface area contributed by atoms with E-state index in [1.807, 2.05) is 0 Å². The first-order valence-corrected chi connectivity index (χ1v) is 6.76. The van der Waals surface area contributed by atoms with E-state index in [0.717, 1.165) is 0 Å². The summed E-state index contributed by atoms with van der Waals surface area (Å²) in [6.07, 6.45) is -9.93. The van der Waals surface area contributed by atoms with Gasteiger partial charge in [-0.3, -0.25) is 0 Å². The Bertz CT molecular complexity index is 418. The van der Waals surface area contributed by atoms with Crippen LogP contribution in [-0.2, 0) is 4.74 Å². The maximum absolute atomic E-state index is 11.7. The Morgan fingerprint density at radius 3 is 2.00 bits per heavy atom. The van der Waals surface area contributed by atoms with E-state index in [9.17, 15) is 30.3 Å². The predicted octanol–water partition coefficient (Wildman–Crippen LogP) is -1.94. The van der Waals surface area contributed by atoms with Crippen molar-refractivity contribution in [2.75, 3.05) is 0 Å². The van der Waals surface area contributed by atoms with Gasteiger partial charge >= 0.3 is 5.97 Å². The summed E-state index contributed by atoms with van der Waals surface area (Å²) in [5, 5.41) is 48.1. The van der Waals surface area contributed by atoms with Crippen molar-refractivity contribution in [3.63, 3.8) is 0 Å². The molecule has 1 aliphatic carbocycles. The quantitative estimate of drug-likeness (QED) is 0.401. The number of carbonyl (C=O) groups is 1. The summed E-state index contributed by atoms with van der Waals surface area (Å²) in [4.78, 5) is 11.7. The van der Waals surface area contributed by atoms with Crippen molar-refractivity contribution in [1.29, 1.82) is 0 Å². The molecule has 0 aromatic carbocycles. The number of ether oxygens (including phenoxy) is 1. The van der Waals surface area contributed by atoms with Crippen molar-refractivity contribution in [3.8, 4) is 0 Å². The second-order valence-electron chi connectivity index (χ2n) is 4.41. The summed E-state index contributed by atoms with van der Waals surface area (Å²) in [7, 11) is 0.137. The van der Waals surface area contributed by atoms with Gasteiger partial charge in [-0.05, 0) is 11.9 Å². The van der Waals surface area contributed by atoms with Crippen molar-refractivity contribution < 1.29 is 35.1 Å². The third-order valence-corrected chi connectivity index (χ3v) is 4.17. The molecule has 0 radical (unpaired) electrons. The van der Waals surface area contributed by atoms with Gasteiger partial charge in [-0.15, -0.1) is 8.19 Å². The molecule has 1 heterocycles. The SMILES string of the molecule is O=C(OC1C(O)C(O)C(O)C(O)C1O)c1ccc[pH]1. The molecule has 0 spiro atoms. The summed E-state index contributed by atoms with van der Waals surface area (Å²) in [6.45, 7) is 0. The van der Waals surface area contributed by atoms with Gasteiger partial charge in [0.2, 0.25) is 0 Å². The molecule has 1 aliphatic rings. The average molecular weight is 290 g/mol. The average Bonchev–Trinajstić information content (AvgIpc) is 2.93. The molecule has 2 rings (SSSR count). The van der Waals surface area contributed by atoms with E-state index in [1.165, 1.54) is 0 Å². The Hall–Kier alpha value is -0.950. The highest BCUT2D eigenvalue weighted by Gasteiger charge is 2.50. The van der Waals surface area contributed by atoms with Crippen LogP contribution in [-0.4, -0.2) is 68.1 Å². The van der Waals surface area contributed by atoms with Gasteiger partial charge in [-0.2, -0.15) is 0 Å². The van der Waals surface area contributed by atoms with Crippen molar-refractivity contribution >= 4 is 14.2 Å². The second-order valence-corrected chi connectivity index (χ2v) is 5.57. The second kappa shape index (κ2) is 5.58. The molecule has 7 nitrogen and oxygen atoms in total. The normalized spacial score (nSPS) is 39.4. The fourth-order valence-electron chi connectivity index (χ4n) is 1.98. The number of carbonyl (C=O) groups excluding carboxylic acids is 1. The molecule has 5 unspecified atom stereocenters. The molecule has 8 heteroatoms. The molecular weight excluding hydrogens is 275 g/mol. The van der Waals surface area contributed by atoms with Gasteiger partial charge in [0, 0.05) is 0 Å². The van der Waals surface area contributed by atoms with E-state index in [4.69, 9.17) is 4.74 Å². The van der Waals surface area contributed by atoms with Gasteiger partial charge in [0.25, 0.3) is 0 Å². The van der Waals surface area contributed by atoms with Gasteiger partial charge < -0.3 is 30.3 Å². The summed E-state index contributed by atoms with van der Waals surface area (Å²) in [5.41, 5.74) is 0. The lowest BCUT2D eigenvalue weighted by Crippen LogP contribution is -2.64. The maximum atomic E-state index is 11.7. The van der Waals surface area contributed by atoms with Crippen LogP contribution in [0.2, 0.25) is 0 Å². The molecule has 1 fully saturated rings. The lowest BCUT2D eigenvalue weighted by Gasteiger charge is -2.41. The number of esters is 1. The van der Waals surface area contributed by atoms with Crippen LogP contribution in [0.4, 0.5) is 0 Å². The van der Waals surface area contributed by atoms with E-state index < -0.39 is 42.6 Å². The minimum absolute atomic E-state index is 0.137. The van der Waals surface area contributed by atoms with Crippen LogP contribution in [0.25, 0.3) is 0 Å². The molecule has 0 bridgehead atoms. The number of hydrogen-bond donors (Lipinski definition) is 5. The van der Waals surface area contributed by atoms with Gasteiger partial charge in [0.05, 0.1) is 5.30 Å². The molecule has 1 aromatic rings. The molecule has 1 saturated carbocycles. The number of aliphatic hydroxyl groups excluding tert-OH is 5. The number of aliphatic hydroxyl groups is 5. The minimum atomic E-state index is -1.70. The number of hydrogen-bond acceptors (Lipinski definition) is 7. The first-order chi connectivity index (χ1) is 8.93. The Balaban J connectivity index is 2.12. The van der Waals surface area contributed by atoms with Crippen LogP contribution in [0.3, 0.4) is 0 Å². The zero-order valence-corrected chi connectivity index (χ0v) is 10.7. The van der Waals surface area contributed by atoms with E-state index >= 15 is 0 Å². The van der Waals surface area contributed by atoms with Gasteiger partial charge in [-0.25, -0.2) is 4.79 Å². The van der Waals surface area contributed by atoms with Crippen LogP contribution < -0.4 is 0 Å². The summed E-state index contributed by atoms with van der Waals surface area (Å²) >= 11 is 0. The van der Waals surface area contributed by atoms with E-state index in [2.05, 4.69) is 0 Å². The van der Waals surface area contributed by atoms with Crippen LogP contribution in [0.15, 0.2) is 17.9 Å². The first kappa shape index (κ1) is 14.5. The topological polar surface area (TPSA) is 127 Å². The van der Waals surface area contributed by atoms with Crippen molar-refractivity contribution in [2.45, 2.75) is 36.6 Å². The molecular formula is C11H15O7P. The van der Waals surface area contributed by atoms with Crippen molar-refractivity contribution in [1.82, 2.24) is 0 Å². The Morgan fingerprint density at radius 1 is 1.00 bits per heavy atom. The Kier molecular flexibility index (Phi) is 4.25. The zero-order chi connectivity index (χ0) is 14.2. The van der Waals surface area contributed by atoms with Gasteiger partial charge in [0.15, 0.2) is 6.10 Å². The third kappa shape index (κ3) is 2.67. The molecule has 5 atom stereocenters. The lowest BCUT2D eigenvalue weighted by molar-refractivity contribution is -0.223. The molecule has 1 aromatic heterocycles. The summed E-state index contributed by atoms with van der Waals surface area (Å²) in [5.74, 6) is 1.03. The highest BCUT2D eigenvalue weighted by molar-refractivity contribution is 7.31. The van der Waals surface area contributed by atoms with Gasteiger partial charge in [0.1, 0.15) is 30.5 Å². The molecule has 0 saturated heterocycles. The minimum Gasteiger partial charge on any atom is -0.453 e. The molecule has 0 aliphatic heterocycles. The molecule has 19 heavy (non-hydrogen) atoms. The van der Waals surface area contributed by atoms with Crippen LogP contribution >= 0.6 is 8.19 Å². The van der Waals surface area contributed by atoms with Crippen LogP contribution in [0.5, 0.6) is 0 Å². The first-order valence-electron chi connectivity index (χ1n) is 5.68. The Morgan fingerprint density at radius 2 is 1.53 bits per heavy atom. The van der Waals surface area contributed by atoms with E-state index in [-0.39, 0.29) is 8.19 Å². The van der Waals surface area contributed by atoms with E-state index in [0.29, 0.717) is 5.30 Å². The zero-order valence-electron chi connectivity index (χ0n) is 9.75. The van der Waals surface area contributed by atoms with Crippen molar-refractivity contribution in [2.24, 2.45) is 0 Å². The van der Waals surface area contributed by atoms with Crippen LogP contribution in [0, 0.1) is 0 Å². The summed E-state index contributed by atoms with van der Waals surface area (Å²) in [6, 6.07) is 3.22. The smallest absolute Gasteiger partial charge is 0.342 e. The fraction of sp³-hybridized carbons (Fsp3) is 0.545. The third-order valence-electron chi connectivity index (χ3n) is 3.13. The Labute approximate surface area is 110 Å². The van der Waals surface area contributed by atoms with Gasteiger partial charge in [-0.1, -0.05) is 6.07 Å². The standard InChI is InChI=1S/C11H15O7P/c12-5-6(13)8(15)10(9(16)7(5)14)18-11(17)4-2-1-3-19-4/h1-3,5-10,12-16,19H. The molecule has 106 valence electrons. The van der Waals surface area contributed by atoms with Crippen LogP contribution in [0.1, 0.15) is 10.1 Å². The van der Waals surface area contributed by atoms with Crippen molar-refractivity contribution in [3.05, 3.63) is 23.2 Å². The fourth-order valence-corrected chi connectivity index (χ4v) is 2.72. The predicted molar refractivity (Wildman–Crippen MR) is 65.2 cm³/mol.